The van der Waals surface area contributed by atoms with Gasteiger partial charge in [-0.15, -0.1) is 0 Å². The highest BCUT2D eigenvalue weighted by Gasteiger charge is 2.44. The van der Waals surface area contributed by atoms with Crippen molar-refractivity contribution in [3.63, 3.8) is 0 Å². The second-order valence-corrected chi connectivity index (χ2v) is 8.23. The summed E-state index contributed by atoms with van der Waals surface area (Å²) in [5.41, 5.74) is 2.12. The Hall–Kier alpha value is -3.98. The predicted molar refractivity (Wildman–Crippen MR) is 138 cm³/mol. The van der Waals surface area contributed by atoms with Gasteiger partial charge in [0.1, 0.15) is 17.5 Å². The SMILES string of the molecule is CCOc1ccc(NC(=O)CC2C(=O)N(c3ccc(OC)cc3)C(=S)N2Cc2cccnc2)cc1. The first-order valence-electron chi connectivity index (χ1n) is 11.2. The molecule has 3 aromatic rings. The van der Waals surface area contributed by atoms with Crippen molar-refractivity contribution in [1.82, 2.24) is 9.88 Å². The maximum Gasteiger partial charge on any atom is 0.256 e. The molecule has 1 aromatic heterocycles. The number of amides is 2. The maximum atomic E-state index is 13.5. The lowest BCUT2D eigenvalue weighted by Gasteiger charge is -2.24. The zero-order chi connectivity index (χ0) is 24.8. The van der Waals surface area contributed by atoms with Crippen molar-refractivity contribution in [3.8, 4) is 11.5 Å². The highest BCUT2D eigenvalue weighted by molar-refractivity contribution is 7.80. The molecule has 2 aromatic carbocycles. The number of benzene rings is 2. The smallest absolute Gasteiger partial charge is 0.256 e. The van der Waals surface area contributed by atoms with Gasteiger partial charge in [0.25, 0.3) is 5.91 Å². The summed E-state index contributed by atoms with van der Waals surface area (Å²) in [6.45, 7) is 2.82. The lowest BCUT2D eigenvalue weighted by molar-refractivity contribution is -0.124. The quantitative estimate of drug-likeness (QED) is 0.454. The Morgan fingerprint density at radius 2 is 1.80 bits per heavy atom. The van der Waals surface area contributed by atoms with Crippen LogP contribution < -0.4 is 19.7 Å². The minimum Gasteiger partial charge on any atom is -0.497 e. The third-order valence-electron chi connectivity index (χ3n) is 5.55. The molecule has 0 bridgehead atoms. The van der Waals surface area contributed by atoms with Gasteiger partial charge in [0.2, 0.25) is 5.91 Å². The topological polar surface area (TPSA) is 84.0 Å². The molecule has 0 aliphatic carbocycles. The Morgan fingerprint density at radius 3 is 2.43 bits per heavy atom. The van der Waals surface area contributed by atoms with Crippen molar-refractivity contribution in [2.45, 2.75) is 25.9 Å². The van der Waals surface area contributed by atoms with Crippen LogP contribution in [-0.2, 0) is 16.1 Å². The second-order valence-electron chi connectivity index (χ2n) is 7.87. The van der Waals surface area contributed by atoms with E-state index in [1.807, 2.05) is 19.1 Å². The number of carbonyl (C=O) groups is 2. The van der Waals surface area contributed by atoms with E-state index in [1.165, 1.54) is 4.90 Å². The fraction of sp³-hybridized carbons (Fsp3) is 0.231. The van der Waals surface area contributed by atoms with Crippen LogP contribution in [0.4, 0.5) is 11.4 Å². The molecule has 2 amide bonds. The monoisotopic (exact) mass is 490 g/mol. The average molecular weight is 491 g/mol. The van der Waals surface area contributed by atoms with Gasteiger partial charge in [-0.3, -0.25) is 19.5 Å². The molecule has 0 spiro atoms. The number of pyridine rings is 1. The van der Waals surface area contributed by atoms with Gasteiger partial charge in [0.05, 0.1) is 25.8 Å². The number of nitrogens with one attached hydrogen (secondary N) is 1. The van der Waals surface area contributed by atoms with Gasteiger partial charge in [-0.2, -0.15) is 0 Å². The fourth-order valence-electron chi connectivity index (χ4n) is 3.86. The van der Waals surface area contributed by atoms with E-state index in [0.717, 1.165) is 11.3 Å². The van der Waals surface area contributed by atoms with Crippen LogP contribution in [0.5, 0.6) is 11.5 Å². The molecule has 1 unspecified atom stereocenters. The second kappa shape index (κ2) is 11.0. The van der Waals surface area contributed by atoms with Crippen molar-refractivity contribution in [2.24, 2.45) is 0 Å². The van der Waals surface area contributed by atoms with Crippen molar-refractivity contribution in [3.05, 3.63) is 78.6 Å². The van der Waals surface area contributed by atoms with Gasteiger partial charge in [-0.05, 0) is 79.3 Å². The molecule has 1 aliphatic heterocycles. The molecule has 1 aliphatic rings. The molecule has 0 saturated carbocycles. The molecule has 180 valence electrons. The normalized spacial score (nSPS) is 15.3. The molecule has 1 saturated heterocycles. The molecular weight excluding hydrogens is 464 g/mol. The number of methoxy groups -OCH3 is 1. The van der Waals surface area contributed by atoms with Crippen molar-refractivity contribution in [1.29, 1.82) is 0 Å². The van der Waals surface area contributed by atoms with Gasteiger partial charge >= 0.3 is 0 Å². The molecule has 1 fully saturated rings. The van der Waals surface area contributed by atoms with Crippen LogP contribution >= 0.6 is 12.2 Å². The zero-order valence-corrected chi connectivity index (χ0v) is 20.3. The fourth-order valence-corrected chi connectivity index (χ4v) is 4.25. The third kappa shape index (κ3) is 5.58. The van der Waals surface area contributed by atoms with E-state index < -0.39 is 6.04 Å². The predicted octanol–water partition coefficient (Wildman–Crippen LogP) is 4.02. The van der Waals surface area contributed by atoms with E-state index in [2.05, 4.69) is 10.3 Å². The van der Waals surface area contributed by atoms with Gasteiger partial charge in [0, 0.05) is 24.6 Å². The number of carbonyl (C=O) groups excluding carboxylic acids is 2. The number of aromatic nitrogens is 1. The van der Waals surface area contributed by atoms with E-state index in [4.69, 9.17) is 21.7 Å². The number of ether oxygens (including phenoxy) is 2. The molecule has 4 rings (SSSR count). The van der Waals surface area contributed by atoms with E-state index >= 15 is 0 Å². The lowest BCUT2D eigenvalue weighted by atomic mass is 10.1. The Kier molecular flexibility index (Phi) is 7.57. The van der Waals surface area contributed by atoms with Gasteiger partial charge in [0.15, 0.2) is 5.11 Å². The number of rotatable bonds is 9. The number of nitrogens with zero attached hydrogens (tertiary/aromatic N) is 3. The molecule has 0 radical (unpaired) electrons. The van der Waals surface area contributed by atoms with E-state index in [-0.39, 0.29) is 18.2 Å². The molecule has 9 heteroatoms. The van der Waals surface area contributed by atoms with Gasteiger partial charge in [-0.25, -0.2) is 0 Å². The van der Waals surface area contributed by atoms with E-state index in [9.17, 15) is 9.59 Å². The molecule has 35 heavy (non-hydrogen) atoms. The first-order valence-corrected chi connectivity index (χ1v) is 11.6. The summed E-state index contributed by atoms with van der Waals surface area (Å²) in [5, 5.41) is 3.20. The highest BCUT2D eigenvalue weighted by atomic mass is 32.1. The molecular formula is C26H26N4O4S. The Morgan fingerprint density at radius 1 is 1.09 bits per heavy atom. The lowest BCUT2D eigenvalue weighted by Crippen LogP contribution is -2.37. The number of hydrogen-bond acceptors (Lipinski definition) is 6. The zero-order valence-electron chi connectivity index (χ0n) is 19.5. The van der Waals surface area contributed by atoms with E-state index in [1.54, 1.807) is 72.9 Å². The average Bonchev–Trinajstić information content (AvgIpc) is 3.10. The third-order valence-corrected chi connectivity index (χ3v) is 5.97. The highest BCUT2D eigenvalue weighted by Crippen LogP contribution is 2.30. The van der Waals surface area contributed by atoms with Gasteiger partial charge in [-0.1, -0.05) is 6.07 Å². The Labute approximate surface area is 209 Å². The summed E-state index contributed by atoms with van der Waals surface area (Å²) in [7, 11) is 1.58. The summed E-state index contributed by atoms with van der Waals surface area (Å²) in [5.74, 6) is 0.846. The van der Waals surface area contributed by atoms with Crippen molar-refractivity contribution < 1.29 is 19.1 Å². The number of anilines is 2. The largest absolute Gasteiger partial charge is 0.497 e. The summed E-state index contributed by atoms with van der Waals surface area (Å²) >= 11 is 5.71. The Balaban J connectivity index is 1.55. The number of thiocarbonyl (C=S) groups is 1. The van der Waals surface area contributed by atoms with Crippen LogP contribution in [0.25, 0.3) is 0 Å². The van der Waals surface area contributed by atoms with Crippen LogP contribution in [0.3, 0.4) is 0 Å². The molecule has 8 nitrogen and oxygen atoms in total. The van der Waals surface area contributed by atoms with Crippen LogP contribution in [0.2, 0.25) is 0 Å². The summed E-state index contributed by atoms with van der Waals surface area (Å²) in [4.78, 5) is 33.9. The molecule has 1 atom stereocenters. The Bertz CT molecular complexity index is 1190. The summed E-state index contributed by atoms with van der Waals surface area (Å²) in [6, 6.07) is 17.2. The summed E-state index contributed by atoms with van der Waals surface area (Å²) < 4.78 is 10.7. The van der Waals surface area contributed by atoms with Crippen molar-refractivity contribution >= 4 is 40.5 Å². The first kappa shape index (κ1) is 24.2. The first-order chi connectivity index (χ1) is 17.0. The minimum absolute atomic E-state index is 0.0564. The van der Waals surface area contributed by atoms with Gasteiger partial charge < -0.3 is 19.7 Å². The maximum absolute atomic E-state index is 13.5. The standard InChI is InChI=1S/C26H26N4O4S/c1-3-34-22-10-6-19(7-11-22)28-24(31)15-23-25(32)30(20-8-12-21(33-2)13-9-20)26(35)29(23)17-18-5-4-14-27-16-18/h4-14,16,23H,3,15,17H2,1-2H3,(H,28,31). The van der Waals surface area contributed by atoms with Crippen LogP contribution in [0.15, 0.2) is 73.1 Å². The number of hydrogen-bond donors (Lipinski definition) is 1. The van der Waals surface area contributed by atoms with Crippen LogP contribution in [-0.4, -0.2) is 46.6 Å². The van der Waals surface area contributed by atoms with Crippen LogP contribution in [0.1, 0.15) is 18.9 Å². The van der Waals surface area contributed by atoms with Crippen LogP contribution in [0, 0.1) is 0 Å². The summed E-state index contributed by atoms with van der Waals surface area (Å²) in [6.07, 6.45) is 3.35. The minimum atomic E-state index is -0.757. The van der Waals surface area contributed by atoms with E-state index in [0.29, 0.717) is 35.4 Å². The molecule has 2 heterocycles. The molecule has 1 N–H and O–H groups in total. The van der Waals surface area contributed by atoms with Crippen molar-refractivity contribution in [2.75, 3.05) is 23.9 Å².